The number of azide groups is 1. The summed E-state index contributed by atoms with van der Waals surface area (Å²) >= 11 is 0. The van der Waals surface area contributed by atoms with Gasteiger partial charge in [-0.25, -0.2) is 0 Å². The van der Waals surface area contributed by atoms with Crippen LogP contribution in [0, 0.1) is 0 Å². The summed E-state index contributed by atoms with van der Waals surface area (Å²) in [5, 5.41) is 52.8. The second-order valence-electron chi connectivity index (χ2n) is 9.05. The molecule has 0 unspecified atom stereocenters. The van der Waals surface area contributed by atoms with E-state index in [1.807, 2.05) is 6.08 Å². The highest BCUT2D eigenvalue weighted by Crippen LogP contribution is 2.22. The lowest BCUT2D eigenvalue weighted by Crippen LogP contribution is -2.59. The highest BCUT2D eigenvalue weighted by molar-refractivity contribution is 4.96. The fourth-order valence-corrected chi connectivity index (χ4v) is 3.96. The van der Waals surface area contributed by atoms with E-state index in [0.29, 0.717) is 0 Å². The van der Waals surface area contributed by atoms with Crippen molar-refractivity contribution in [1.29, 1.82) is 0 Å². The predicted molar refractivity (Wildman–Crippen MR) is 129 cm³/mol. The molecule has 10 heteroatoms. The van der Waals surface area contributed by atoms with E-state index < -0.39 is 49.5 Å². The van der Waals surface area contributed by atoms with Gasteiger partial charge in [0.05, 0.1) is 25.4 Å². The summed E-state index contributed by atoms with van der Waals surface area (Å²) in [6.45, 7) is 1.38. The normalized spacial score (nSPS) is 26.9. The van der Waals surface area contributed by atoms with Gasteiger partial charge >= 0.3 is 0 Å². The zero-order valence-electron chi connectivity index (χ0n) is 20.5. The maximum absolute atomic E-state index is 10.3. The Labute approximate surface area is 203 Å². The highest BCUT2D eigenvalue weighted by Gasteiger charge is 2.44. The molecule has 1 heterocycles. The van der Waals surface area contributed by atoms with Gasteiger partial charge in [0.25, 0.3) is 0 Å². The molecule has 198 valence electrons. The van der Waals surface area contributed by atoms with E-state index in [4.69, 9.17) is 15.0 Å². The Morgan fingerprint density at radius 3 is 2.09 bits per heavy atom. The Balaban J connectivity index is 2.26. The molecule has 0 spiro atoms. The fourth-order valence-electron chi connectivity index (χ4n) is 3.96. The Morgan fingerprint density at radius 1 is 0.941 bits per heavy atom. The standard InChI is InChI=1S/C24H45N3O7/c1-2-3-4-5-6-7-8-9-10-11-12-13-14-15-19(29)18(26-27-25)17-33-24-23(32)22(31)21(30)20(16-28)34-24/h14-15,18-24,28-32H,2-13,16-17H2,1H3/b15-14+/t18-,19+,20+,21-,22-,23+,24-/m0/s1. The van der Waals surface area contributed by atoms with Crippen molar-refractivity contribution in [3.05, 3.63) is 22.6 Å². The minimum Gasteiger partial charge on any atom is -0.394 e. The second-order valence-corrected chi connectivity index (χ2v) is 9.05. The van der Waals surface area contributed by atoms with E-state index in [-0.39, 0.29) is 6.61 Å². The SMILES string of the molecule is CCCCCCCCCCCCC/C=C/[C@@H](O)[C@H](CO[C@H]1O[C@H](CO)[C@H](O)[C@H](O)[C@H]1O)N=[N+]=[N-]. The average molecular weight is 488 g/mol. The molecule has 0 aromatic heterocycles. The molecule has 0 aromatic rings. The van der Waals surface area contributed by atoms with Crippen molar-refractivity contribution in [2.24, 2.45) is 5.11 Å². The van der Waals surface area contributed by atoms with Gasteiger partial charge in [0.1, 0.15) is 24.4 Å². The van der Waals surface area contributed by atoms with Gasteiger partial charge in [-0.1, -0.05) is 88.4 Å². The molecule has 7 atom stereocenters. The lowest BCUT2D eigenvalue weighted by atomic mass is 9.99. The zero-order chi connectivity index (χ0) is 25.2. The van der Waals surface area contributed by atoms with Crippen molar-refractivity contribution < 1.29 is 35.0 Å². The molecule has 1 rings (SSSR count). The number of aliphatic hydroxyl groups excluding tert-OH is 5. The molecule has 10 nitrogen and oxygen atoms in total. The summed E-state index contributed by atoms with van der Waals surface area (Å²) in [5.41, 5.74) is 8.80. The molecule has 0 aromatic carbocycles. The van der Waals surface area contributed by atoms with Crippen molar-refractivity contribution in [2.45, 2.75) is 127 Å². The smallest absolute Gasteiger partial charge is 0.186 e. The van der Waals surface area contributed by atoms with E-state index in [1.165, 1.54) is 57.8 Å². The molecule has 5 N–H and O–H groups in total. The monoisotopic (exact) mass is 487 g/mol. The molecule has 0 radical (unpaired) electrons. The first-order valence-corrected chi connectivity index (χ1v) is 12.8. The molecular weight excluding hydrogens is 442 g/mol. The maximum atomic E-state index is 10.3. The van der Waals surface area contributed by atoms with Crippen molar-refractivity contribution in [2.75, 3.05) is 13.2 Å². The number of rotatable bonds is 19. The quantitative estimate of drug-likeness (QED) is 0.0613. The maximum Gasteiger partial charge on any atom is 0.186 e. The van der Waals surface area contributed by atoms with Crippen LogP contribution in [0.5, 0.6) is 0 Å². The van der Waals surface area contributed by atoms with Crippen LogP contribution in [0.3, 0.4) is 0 Å². The molecule has 1 aliphatic rings. The van der Waals surface area contributed by atoms with Crippen LogP contribution in [0.2, 0.25) is 0 Å². The predicted octanol–water partition coefficient (Wildman–Crippen LogP) is 3.10. The number of ether oxygens (including phenoxy) is 2. The molecule has 34 heavy (non-hydrogen) atoms. The zero-order valence-corrected chi connectivity index (χ0v) is 20.5. The Morgan fingerprint density at radius 2 is 1.53 bits per heavy atom. The summed E-state index contributed by atoms with van der Waals surface area (Å²) in [6.07, 6.45) is 9.99. The Kier molecular flexibility index (Phi) is 17.2. The van der Waals surface area contributed by atoms with Gasteiger partial charge in [0, 0.05) is 4.91 Å². The molecule has 1 fully saturated rings. The van der Waals surface area contributed by atoms with Gasteiger partial charge in [-0.3, -0.25) is 0 Å². The van der Waals surface area contributed by atoms with Gasteiger partial charge in [-0.15, -0.1) is 0 Å². The number of allylic oxidation sites excluding steroid dienone is 1. The summed E-state index contributed by atoms with van der Waals surface area (Å²) in [6, 6.07) is -0.967. The molecule has 1 saturated heterocycles. The van der Waals surface area contributed by atoms with E-state index in [2.05, 4.69) is 16.9 Å². The van der Waals surface area contributed by atoms with Crippen LogP contribution in [0.25, 0.3) is 10.4 Å². The number of hydrogen-bond donors (Lipinski definition) is 5. The Bertz CT molecular complexity index is 587. The van der Waals surface area contributed by atoms with E-state index in [9.17, 15) is 25.5 Å². The van der Waals surface area contributed by atoms with Gasteiger partial charge in [0.2, 0.25) is 0 Å². The molecule has 0 aliphatic carbocycles. The number of hydrogen-bond acceptors (Lipinski definition) is 8. The minimum atomic E-state index is -1.57. The third kappa shape index (κ3) is 12.0. The summed E-state index contributed by atoms with van der Waals surface area (Å²) in [4.78, 5) is 2.73. The third-order valence-electron chi connectivity index (χ3n) is 6.18. The van der Waals surface area contributed by atoms with Gasteiger partial charge < -0.3 is 35.0 Å². The van der Waals surface area contributed by atoms with Crippen LogP contribution in [0.4, 0.5) is 0 Å². The van der Waals surface area contributed by atoms with Crippen LogP contribution in [-0.4, -0.2) is 81.6 Å². The van der Waals surface area contributed by atoms with Gasteiger partial charge in [-0.2, -0.15) is 0 Å². The first-order valence-electron chi connectivity index (χ1n) is 12.8. The molecule has 0 saturated carbocycles. The van der Waals surface area contributed by atoms with Crippen LogP contribution in [0.1, 0.15) is 84.0 Å². The van der Waals surface area contributed by atoms with Crippen molar-refractivity contribution in [3.8, 4) is 0 Å². The fraction of sp³-hybridized carbons (Fsp3) is 0.917. The summed E-state index contributed by atoms with van der Waals surface area (Å²) < 4.78 is 10.6. The van der Waals surface area contributed by atoms with E-state index in [1.54, 1.807) is 6.08 Å². The van der Waals surface area contributed by atoms with Crippen LogP contribution >= 0.6 is 0 Å². The Hall–Kier alpha value is -1.23. The molecule has 1 aliphatic heterocycles. The lowest BCUT2D eigenvalue weighted by molar-refractivity contribution is -0.302. The number of aliphatic hydroxyl groups is 5. The van der Waals surface area contributed by atoms with Crippen molar-refractivity contribution in [1.82, 2.24) is 0 Å². The second kappa shape index (κ2) is 19.0. The van der Waals surface area contributed by atoms with Crippen molar-refractivity contribution >= 4 is 0 Å². The van der Waals surface area contributed by atoms with Crippen molar-refractivity contribution in [3.63, 3.8) is 0 Å². The lowest BCUT2D eigenvalue weighted by Gasteiger charge is -2.39. The highest BCUT2D eigenvalue weighted by atomic mass is 16.7. The number of nitrogens with zero attached hydrogens (tertiary/aromatic N) is 3. The topological polar surface area (TPSA) is 168 Å². The average Bonchev–Trinajstić information content (AvgIpc) is 2.84. The largest absolute Gasteiger partial charge is 0.394 e. The molecule has 0 amide bonds. The van der Waals surface area contributed by atoms with Gasteiger partial charge in [-0.05, 0) is 18.4 Å². The van der Waals surface area contributed by atoms with Crippen LogP contribution < -0.4 is 0 Å². The minimum absolute atomic E-state index is 0.281. The third-order valence-corrected chi connectivity index (χ3v) is 6.18. The van der Waals surface area contributed by atoms with Crippen LogP contribution in [0.15, 0.2) is 17.3 Å². The van der Waals surface area contributed by atoms with Gasteiger partial charge in [0.15, 0.2) is 6.29 Å². The summed E-state index contributed by atoms with van der Waals surface area (Å²) in [7, 11) is 0. The summed E-state index contributed by atoms with van der Waals surface area (Å²) in [5.74, 6) is 0. The van der Waals surface area contributed by atoms with E-state index in [0.717, 1.165) is 19.3 Å². The molecule has 0 bridgehead atoms. The van der Waals surface area contributed by atoms with E-state index >= 15 is 0 Å². The molecular formula is C24H45N3O7. The first kappa shape index (κ1) is 30.8. The van der Waals surface area contributed by atoms with Crippen LogP contribution in [-0.2, 0) is 9.47 Å². The number of unbranched alkanes of at least 4 members (excludes halogenated alkanes) is 11. The first-order chi connectivity index (χ1) is 16.5.